The first-order valence-electron chi connectivity index (χ1n) is 19.8. The normalized spacial score (nSPS) is 11.4. The van der Waals surface area contributed by atoms with Crippen molar-refractivity contribution in [3.05, 3.63) is 212 Å². The summed E-state index contributed by atoms with van der Waals surface area (Å²) in [5.74, 6) is 1.87. The molecule has 0 N–H and O–H groups in total. The van der Waals surface area contributed by atoms with E-state index in [1.54, 1.807) is 0 Å². The molecule has 0 aliphatic heterocycles. The molecule has 0 amide bonds. The summed E-state index contributed by atoms with van der Waals surface area (Å²) in [6.07, 6.45) is 0. The molecule has 2 heterocycles. The van der Waals surface area contributed by atoms with Crippen LogP contribution in [0.15, 0.2) is 217 Å². The summed E-state index contributed by atoms with van der Waals surface area (Å²) in [5, 5.41) is 4.65. The van der Waals surface area contributed by atoms with Crippen molar-refractivity contribution < 1.29 is 4.42 Å². The largest absolute Gasteiger partial charge is 0.456 e. The summed E-state index contributed by atoms with van der Waals surface area (Å²) in [4.78, 5) is 15.5. The minimum atomic E-state index is 0.620. The van der Waals surface area contributed by atoms with Gasteiger partial charge in [-0.3, -0.25) is 0 Å². The van der Waals surface area contributed by atoms with Crippen molar-refractivity contribution in [2.45, 2.75) is 0 Å². The summed E-state index contributed by atoms with van der Waals surface area (Å²) in [6.45, 7) is 0. The zero-order valence-electron chi connectivity index (χ0n) is 32.0. The fourth-order valence-electron chi connectivity index (χ4n) is 8.16. The van der Waals surface area contributed by atoms with Crippen LogP contribution in [0.25, 0.3) is 111 Å². The summed E-state index contributed by atoms with van der Waals surface area (Å²) >= 11 is 0. The van der Waals surface area contributed by atoms with Crippen LogP contribution in [0, 0.1) is 0 Å². The monoisotopic (exact) mass is 753 g/mol. The fraction of sp³-hybridized carbons (Fsp3) is 0. The van der Waals surface area contributed by atoms with Crippen molar-refractivity contribution >= 4 is 32.7 Å². The van der Waals surface area contributed by atoms with Crippen LogP contribution in [0.2, 0.25) is 0 Å². The zero-order chi connectivity index (χ0) is 39.1. The average Bonchev–Trinajstić information content (AvgIpc) is 3.70. The van der Waals surface area contributed by atoms with Crippen LogP contribution >= 0.6 is 0 Å². The van der Waals surface area contributed by atoms with Crippen LogP contribution in [0.3, 0.4) is 0 Å². The van der Waals surface area contributed by atoms with Gasteiger partial charge in [0.05, 0.1) is 0 Å². The number of rotatable bonds is 7. The van der Waals surface area contributed by atoms with Gasteiger partial charge < -0.3 is 4.42 Å². The van der Waals surface area contributed by atoms with E-state index in [-0.39, 0.29) is 0 Å². The summed E-state index contributed by atoms with van der Waals surface area (Å²) in [5.41, 5.74) is 13.5. The number of hydrogen-bond donors (Lipinski definition) is 0. The highest BCUT2D eigenvalue weighted by molar-refractivity contribution is 6.06. The van der Waals surface area contributed by atoms with Crippen LogP contribution in [0.5, 0.6) is 0 Å². The van der Waals surface area contributed by atoms with E-state index in [9.17, 15) is 0 Å². The Balaban J connectivity index is 0.957. The Bertz CT molecular complexity index is 3210. The molecule has 0 atom stereocenters. The minimum absolute atomic E-state index is 0.620. The molecule has 0 aliphatic carbocycles. The predicted octanol–water partition coefficient (Wildman–Crippen LogP) is 14.6. The molecule has 4 nitrogen and oxygen atoms in total. The fourth-order valence-corrected chi connectivity index (χ4v) is 8.16. The first-order chi connectivity index (χ1) is 29.2. The lowest BCUT2D eigenvalue weighted by molar-refractivity contribution is 0.669. The van der Waals surface area contributed by atoms with Crippen molar-refractivity contribution in [2.75, 3.05) is 0 Å². The zero-order valence-corrected chi connectivity index (χ0v) is 32.0. The third-order valence-electron chi connectivity index (χ3n) is 11.2. The summed E-state index contributed by atoms with van der Waals surface area (Å²) in [6, 6.07) is 74.1. The van der Waals surface area contributed by atoms with Crippen LogP contribution < -0.4 is 0 Å². The van der Waals surface area contributed by atoms with Gasteiger partial charge in [0.15, 0.2) is 17.5 Å². The molecule has 0 spiro atoms. The van der Waals surface area contributed by atoms with Crippen LogP contribution in [0.1, 0.15) is 0 Å². The van der Waals surface area contributed by atoms with E-state index >= 15 is 0 Å². The molecule has 11 aromatic rings. The molecular weight excluding hydrogens is 719 g/mol. The number of furan rings is 1. The molecule has 59 heavy (non-hydrogen) atoms. The van der Waals surface area contributed by atoms with Crippen molar-refractivity contribution in [1.82, 2.24) is 15.0 Å². The van der Waals surface area contributed by atoms with Gasteiger partial charge >= 0.3 is 0 Å². The second kappa shape index (κ2) is 14.5. The number of benzene rings is 9. The lowest BCUT2D eigenvalue weighted by atomic mass is 9.96. The first kappa shape index (κ1) is 34.3. The molecule has 0 aliphatic rings. The van der Waals surface area contributed by atoms with Gasteiger partial charge in [0.2, 0.25) is 0 Å². The molecule has 9 aromatic carbocycles. The molecule has 0 bridgehead atoms. The van der Waals surface area contributed by atoms with Gasteiger partial charge in [0.25, 0.3) is 0 Å². The maximum absolute atomic E-state index is 6.19. The maximum atomic E-state index is 6.19. The van der Waals surface area contributed by atoms with Gasteiger partial charge in [-0.1, -0.05) is 182 Å². The molecule has 0 unspecified atom stereocenters. The summed E-state index contributed by atoms with van der Waals surface area (Å²) < 4.78 is 6.19. The topological polar surface area (TPSA) is 51.8 Å². The second-order valence-corrected chi connectivity index (χ2v) is 14.8. The molecule has 2 aromatic heterocycles. The Kier molecular flexibility index (Phi) is 8.45. The smallest absolute Gasteiger partial charge is 0.164 e. The maximum Gasteiger partial charge on any atom is 0.164 e. The van der Waals surface area contributed by atoms with E-state index in [1.165, 1.54) is 10.8 Å². The minimum Gasteiger partial charge on any atom is -0.456 e. The predicted molar refractivity (Wildman–Crippen MR) is 243 cm³/mol. The summed E-state index contributed by atoms with van der Waals surface area (Å²) in [7, 11) is 0. The molecule has 0 radical (unpaired) electrons. The second-order valence-electron chi connectivity index (χ2n) is 14.8. The molecule has 4 heteroatoms. The van der Waals surface area contributed by atoms with Crippen LogP contribution in [0.4, 0.5) is 0 Å². The van der Waals surface area contributed by atoms with Gasteiger partial charge in [-0.15, -0.1) is 0 Å². The lowest BCUT2D eigenvalue weighted by Crippen LogP contribution is -2.02. The van der Waals surface area contributed by atoms with Gasteiger partial charge in [-0.05, 0) is 85.6 Å². The van der Waals surface area contributed by atoms with E-state index in [2.05, 4.69) is 176 Å². The third kappa shape index (κ3) is 6.43. The molecule has 0 saturated carbocycles. The Hall–Kier alpha value is -7.95. The lowest BCUT2D eigenvalue weighted by Gasteiger charge is -2.14. The van der Waals surface area contributed by atoms with E-state index in [1.807, 2.05) is 36.4 Å². The quantitative estimate of drug-likeness (QED) is 0.163. The highest BCUT2D eigenvalue weighted by Crippen LogP contribution is 2.37. The average molecular weight is 754 g/mol. The van der Waals surface area contributed by atoms with E-state index in [0.29, 0.717) is 17.5 Å². The van der Waals surface area contributed by atoms with Crippen molar-refractivity contribution in [2.24, 2.45) is 0 Å². The van der Waals surface area contributed by atoms with E-state index in [4.69, 9.17) is 19.4 Å². The number of nitrogens with zero attached hydrogens (tertiary/aromatic N) is 3. The van der Waals surface area contributed by atoms with Gasteiger partial charge in [0, 0.05) is 27.5 Å². The number of aromatic nitrogens is 3. The van der Waals surface area contributed by atoms with E-state index < -0.39 is 0 Å². The molecule has 11 rings (SSSR count). The number of fused-ring (bicyclic) bond motifs is 4. The number of hydrogen-bond acceptors (Lipinski definition) is 4. The SMILES string of the molecule is c1ccc(-c2ccccc2-c2nc(-c3ccc(-c4ccc5cc(-c6ccc7c(c6)oc6ccccc67)ccc5c4)cc3)nc(-c3ccccc3-c3ccccc3)n2)cc1. The molecule has 276 valence electrons. The van der Waals surface area contributed by atoms with Crippen molar-refractivity contribution in [3.63, 3.8) is 0 Å². The molecule has 0 fully saturated rings. The first-order valence-corrected chi connectivity index (χ1v) is 19.8. The third-order valence-corrected chi connectivity index (χ3v) is 11.2. The van der Waals surface area contributed by atoms with Crippen LogP contribution in [-0.2, 0) is 0 Å². The Morgan fingerprint density at radius 3 is 1.29 bits per heavy atom. The van der Waals surface area contributed by atoms with Crippen molar-refractivity contribution in [1.29, 1.82) is 0 Å². The van der Waals surface area contributed by atoms with Gasteiger partial charge in [-0.2, -0.15) is 0 Å². The van der Waals surface area contributed by atoms with Crippen molar-refractivity contribution in [3.8, 4) is 78.7 Å². The Morgan fingerprint density at radius 1 is 0.254 bits per heavy atom. The standard InChI is InChI=1S/C55H35N3O/c1-3-13-37(14-4-1)45-17-7-9-20-49(45)54-56-53(57-55(58-54)50-21-10-8-18-46(50)38-15-5-2-6-16-38)39-25-23-36(24-26-39)40-27-28-42-34-43(30-29-41(42)33-40)44-31-32-48-47-19-11-12-22-51(47)59-52(48)35-44/h1-35H. The number of para-hydroxylation sites is 1. The molecular formula is C55H35N3O. The molecule has 0 saturated heterocycles. The van der Waals surface area contributed by atoms with Gasteiger partial charge in [-0.25, -0.2) is 15.0 Å². The Labute approximate surface area is 341 Å². The van der Waals surface area contributed by atoms with Crippen LogP contribution in [-0.4, -0.2) is 15.0 Å². The van der Waals surface area contributed by atoms with Gasteiger partial charge in [0.1, 0.15) is 11.2 Å². The van der Waals surface area contributed by atoms with E-state index in [0.717, 1.165) is 83.1 Å². The highest BCUT2D eigenvalue weighted by atomic mass is 16.3. The Morgan fingerprint density at radius 2 is 0.678 bits per heavy atom. The highest BCUT2D eigenvalue weighted by Gasteiger charge is 2.18.